The van der Waals surface area contributed by atoms with Gasteiger partial charge < -0.3 is 14.7 Å². The minimum atomic E-state index is -0.946. The highest BCUT2D eigenvalue weighted by molar-refractivity contribution is 5.87. The van der Waals surface area contributed by atoms with Gasteiger partial charge in [-0.15, -0.1) is 0 Å². The molecule has 6 heteroatoms. The summed E-state index contributed by atoms with van der Waals surface area (Å²) < 4.78 is 5.63. The average molecular weight is 356 g/mol. The number of piperazine rings is 1. The molecule has 3 aliphatic rings. The fourth-order valence-corrected chi connectivity index (χ4v) is 4.19. The lowest BCUT2D eigenvalue weighted by Crippen LogP contribution is -2.52. The van der Waals surface area contributed by atoms with E-state index in [4.69, 9.17) is 4.74 Å². The Hall–Kier alpha value is -2.18. The van der Waals surface area contributed by atoms with Crippen molar-refractivity contribution in [2.24, 2.45) is 11.8 Å². The molecule has 1 N–H and O–H groups in total. The molecule has 2 saturated heterocycles. The summed E-state index contributed by atoms with van der Waals surface area (Å²) in [4.78, 5) is 28.7. The van der Waals surface area contributed by atoms with Gasteiger partial charge in [-0.2, -0.15) is 0 Å². The number of nitrogens with zero attached hydrogens (tertiary/aromatic N) is 2. The minimum absolute atomic E-state index is 0.0794. The maximum absolute atomic E-state index is 12.9. The molecule has 4 atom stereocenters. The number of fused-ring (bicyclic) bond motifs is 2. The predicted molar refractivity (Wildman–Crippen MR) is 95.5 cm³/mol. The van der Waals surface area contributed by atoms with Gasteiger partial charge in [-0.3, -0.25) is 14.5 Å². The standard InChI is InChI=1S/C20H24N2O4/c1-13-2-4-14(5-3-13)12-21-8-10-22(11-9-21)19(23)17-15-6-7-16(26-15)18(17)20(24)25/h2-7,15-18H,8-12H2,1H3,(H,24,25)/t15-,16-,17-,18-/m1/s1. The zero-order chi connectivity index (χ0) is 18.3. The Morgan fingerprint density at radius 3 is 2.27 bits per heavy atom. The Bertz CT molecular complexity index is 722. The lowest BCUT2D eigenvalue weighted by atomic mass is 9.82. The van der Waals surface area contributed by atoms with Crippen LogP contribution in [0.4, 0.5) is 0 Å². The van der Waals surface area contributed by atoms with Crippen LogP contribution in [-0.4, -0.2) is 65.2 Å². The van der Waals surface area contributed by atoms with E-state index in [-0.39, 0.29) is 12.0 Å². The number of aryl methyl sites for hydroxylation is 1. The molecule has 1 aromatic carbocycles. The minimum Gasteiger partial charge on any atom is -0.481 e. The Morgan fingerprint density at radius 1 is 1.04 bits per heavy atom. The molecule has 6 nitrogen and oxygen atoms in total. The second-order valence-electron chi connectivity index (χ2n) is 7.43. The zero-order valence-electron chi connectivity index (χ0n) is 14.9. The molecular formula is C20H24N2O4. The summed E-state index contributed by atoms with van der Waals surface area (Å²) in [5.41, 5.74) is 2.52. The molecule has 0 radical (unpaired) electrons. The van der Waals surface area contributed by atoms with E-state index in [9.17, 15) is 14.7 Å². The molecule has 26 heavy (non-hydrogen) atoms. The summed E-state index contributed by atoms with van der Waals surface area (Å²) in [7, 11) is 0. The molecule has 0 unspecified atom stereocenters. The smallest absolute Gasteiger partial charge is 0.310 e. The Morgan fingerprint density at radius 2 is 1.65 bits per heavy atom. The van der Waals surface area contributed by atoms with Crippen molar-refractivity contribution in [2.75, 3.05) is 26.2 Å². The monoisotopic (exact) mass is 356 g/mol. The highest BCUT2D eigenvalue weighted by Gasteiger charge is 2.54. The van der Waals surface area contributed by atoms with Crippen molar-refractivity contribution in [3.05, 3.63) is 47.5 Å². The van der Waals surface area contributed by atoms with E-state index < -0.39 is 23.9 Å². The maximum Gasteiger partial charge on any atom is 0.310 e. The lowest BCUT2D eigenvalue weighted by Gasteiger charge is -2.37. The van der Waals surface area contributed by atoms with Crippen LogP contribution in [0.1, 0.15) is 11.1 Å². The first-order chi connectivity index (χ1) is 12.5. The van der Waals surface area contributed by atoms with Gasteiger partial charge in [0, 0.05) is 32.7 Å². The first-order valence-corrected chi connectivity index (χ1v) is 9.16. The molecule has 138 valence electrons. The Kier molecular flexibility index (Phi) is 4.54. The number of carbonyl (C=O) groups excluding carboxylic acids is 1. The van der Waals surface area contributed by atoms with E-state index in [1.54, 1.807) is 6.08 Å². The molecule has 0 spiro atoms. The van der Waals surface area contributed by atoms with Gasteiger partial charge in [-0.25, -0.2) is 0 Å². The van der Waals surface area contributed by atoms with Crippen LogP contribution in [0, 0.1) is 18.8 Å². The van der Waals surface area contributed by atoms with Gasteiger partial charge in [0.15, 0.2) is 0 Å². The molecule has 0 aromatic heterocycles. The normalized spacial score (nSPS) is 30.7. The zero-order valence-corrected chi connectivity index (χ0v) is 14.9. The molecule has 2 fully saturated rings. The molecule has 0 aliphatic carbocycles. The van der Waals surface area contributed by atoms with E-state index in [0.717, 1.165) is 19.6 Å². The summed E-state index contributed by atoms with van der Waals surface area (Å²) in [6, 6.07) is 8.51. The number of hydrogen-bond acceptors (Lipinski definition) is 4. The van der Waals surface area contributed by atoms with Crippen molar-refractivity contribution < 1.29 is 19.4 Å². The van der Waals surface area contributed by atoms with Gasteiger partial charge in [0.2, 0.25) is 5.91 Å². The third-order valence-corrected chi connectivity index (χ3v) is 5.68. The predicted octanol–water partition coefficient (Wildman–Crippen LogP) is 1.29. The fourth-order valence-electron chi connectivity index (χ4n) is 4.19. The number of rotatable bonds is 4. The van der Waals surface area contributed by atoms with Gasteiger partial charge >= 0.3 is 5.97 Å². The van der Waals surface area contributed by atoms with Crippen LogP contribution in [0.15, 0.2) is 36.4 Å². The highest BCUT2D eigenvalue weighted by Crippen LogP contribution is 2.40. The number of ether oxygens (including phenoxy) is 1. The first kappa shape index (κ1) is 17.2. The molecule has 0 saturated carbocycles. The van der Waals surface area contributed by atoms with Gasteiger partial charge in [0.1, 0.15) is 5.92 Å². The second-order valence-corrected chi connectivity index (χ2v) is 7.43. The van der Waals surface area contributed by atoms with Crippen LogP contribution >= 0.6 is 0 Å². The van der Waals surface area contributed by atoms with Crippen LogP contribution in [0.3, 0.4) is 0 Å². The second kappa shape index (κ2) is 6.85. The summed E-state index contributed by atoms with van der Waals surface area (Å²) in [6.07, 6.45) is 2.75. The lowest BCUT2D eigenvalue weighted by molar-refractivity contribution is -0.150. The number of carboxylic acid groups (broad SMARTS) is 1. The SMILES string of the molecule is Cc1ccc(CN2CCN(C(=O)[C@H]3[C@H](C(=O)O)[C@H]4C=C[C@H]3O4)CC2)cc1. The van der Waals surface area contributed by atoms with E-state index in [0.29, 0.717) is 13.1 Å². The van der Waals surface area contributed by atoms with Gasteiger partial charge in [-0.1, -0.05) is 42.0 Å². The summed E-state index contributed by atoms with van der Waals surface area (Å²) in [5.74, 6) is -2.38. The number of amides is 1. The number of hydrogen-bond donors (Lipinski definition) is 1. The summed E-state index contributed by atoms with van der Waals surface area (Å²) in [5, 5.41) is 9.49. The number of carboxylic acids is 1. The summed E-state index contributed by atoms with van der Waals surface area (Å²) in [6.45, 7) is 5.82. The molecule has 1 aromatic rings. The fraction of sp³-hybridized carbons (Fsp3) is 0.500. The quantitative estimate of drug-likeness (QED) is 0.824. The van der Waals surface area contributed by atoms with Gasteiger partial charge in [0.05, 0.1) is 18.1 Å². The third-order valence-electron chi connectivity index (χ3n) is 5.68. The number of benzene rings is 1. The van der Waals surface area contributed by atoms with E-state index in [1.165, 1.54) is 11.1 Å². The Balaban J connectivity index is 1.36. The summed E-state index contributed by atoms with van der Waals surface area (Å²) >= 11 is 0. The molecular weight excluding hydrogens is 332 g/mol. The van der Waals surface area contributed by atoms with Crippen LogP contribution in [-0.2, 0) is 20.9 Å². The van der Waals surface area contributed by atoms with Crippen molar-refractivity contribution >= 4 is 11.9 Å². The van der Waals surface area contributed by atoms with Gasteiger partial charge in [-0.05, 0) is 12.5 Å². The van der Waals surface area contributed by atoms with E-state index >= 15 is 0 Å². The Labute approximate surface area is 153 Å². The first-order valence-electron chi connectivity index (χ1n) is 9.16. The van der Waals surface area contributed by atoms with E-state index in [2.05, 4.69) is 36.1 Å². The van der Waals surface area contributed by atoms with Gasteiger partial charge in [0.25, 0.3) is 0 Å². The van der Waals surface area contributed by atoms with E-state index in [1.807, 2.05) is 11.0 Å². The average Bonchev–Trinajstić information content (AvgIpc) is 3.25. The highest BCUT2D eigenvalue weighted by atomic mass is 16.5. The van der Waals surface area contributed by atoms with Crippen LogP contribution in [0.2, 0.25) is 0 Å². The molecule has 1 amide bonds. The molecule has 3 aliphatic heterocycles. The topological polar surface area (TPSA) is 70.1 Å². The van der Waals surface area contributed by atoms with Crippen molar-refractivity contribution in [2.45, 2.75) is 25.7 Å². The van der Waals surface area contributed by atoms with Crippen LogP contribution < -0.4 is 0 Å². The van der Waals surface area contributed by atoms with Crippen molar-refractivity contribution in [1.82, 2.24) is 9.80 Å². The number of carbonyl (C=O) groups is 2. The van der Waals surface area contributed by atoms with Crippen molar-refractivity contribution in [1.29, 1.82) is 0 Å². The van der Waals surface area contributed by atoms with Crippen LogP contribution in [0.5, 0.6) is 0 Å². The third kappa shape index (κ3) is 3.15. The molecule has 2 bridgehead atoms. The van der Waals surface area contributed by atoms with Crippen molar-refractivity contribution in [3.8, 4) is 0 Å². The number of aliphatic carboxylic acids is 1. The molecule has 3 heterocycles. The maximum atomic E-state index is 12.9. The van der Waals surface area contributed by atoms with Crippen LogP contribution in [0.25, 0.3) is 0 Å². The molecule has 4 rings (SSSR count). The largest absolute Gasteiger partial charge is 0.481 e. The van der Waals surface area contributed by atoms with Crippen molar-refractivity contribution in [3.63, 3.8) is 0 Å².